The number of benzene rings is 9. The highest BCUT2D eigenvalue weighted by Crippen LogP contribution is 2.64. The second-order valence-electron chi connectivity index (χ2n) is 21.0. The van der Waals surface area contributed by atoms with Crippen molar-refractivity contribution in [1.82, 2.24) is 0 Å². The lowest BCUT2D eigenvalue weighted by Gasteiger charge is -2.48. The second kappa shape index (κ2) is 13.2. The number of fused-ring (bicyclic) bond motifs is 19. The Bertz CT molecular complexity index is 3970. The number of hydrogen-bond donors (Lipinski definition) is 1. The Morgan fingerprint density at radius 1 is 0.471 bits per heavy atom. The average Bonchev–Trinajstić information content (AvgIpc) is 4.03. The van der Waals surface area contributed by atoms with Crippen LogP contribution in [0.2, 0.25) is 0 Å². The minimum Gasteiger partial charge on any atom is -0.456 e. The smallest absolute Gasteiger partial charge is 0.198 e. The van der Waals surface area contributed by atoms with Gasteiger partial charge in [0, 0.05) is 33.1 Å². The third kappa shape index (κ3) is 4.86. The van der Waals surface area contributed by atoms with Crippen molar-refractivity contribution in [3.8, 4) is 22.3 Å². The lowest BCUT2D eigenvalue weighted by Crippen LogP contribution is -2.47. The summed E-state index contributed by atoms with van der Waals surface area (Å²) in [5.41, 5.74) is 24.4. The molecule has 4 heterocycles. The van der Waals surface area contributed by atoms with Crippen LogP contribution in [0.25, 0.3) is 66.1 Å². The molecule has 4 nitrogen and oxygen atoms in total. The Kier molecular flexibility index (Phi) is 7.46. The molecule has 0 atom stereocenters. The molecule has 2 aliphatic heterocycles. The summed E-state index contributed by atoms with van der Waals surface area (Å²) in [5, 5.41) is 8.52. The Morgan fingerprint density at radius 2 is 1.12 bits per heavy atom. The molecule has 11 aromatic rings. The third-order valence-corrected chi connectivity index (χ3v) is 16.5. The van der Waals surface area contributed by atoms with Crippen LogP contribution in [0.5, 0.6) is 0 Å². The van der Waals surface area contributed by atoms with Crippen molar-refractivity contribution in [2.45, 2.75) is 56.8 Å². The largest absolute Gasteiger partial charge is 0.456 e. The van der Waals surface area contributed by atoms with E-state index in [2.05, 4.69) is 214 Å². The summed E-state index contributed by atoms with van der Waals surface area (Å²) in [5.74, 6) is 0. The fraction of sp³-hybridized carbons (Fsp3) is 0.143. The van der Waals surface area contributed by atoms with E-state index < -0.39 is 5.41 Å². The molecule has 2 aromatic heterocycles. The number of nitrogens with one attached hydrogen (secondary N) is 1. The summed E-state index contributed by atoms with van der Waals surface area (Å²) >= 11 is 0. The van der Waals surface area contributed by atoms with Crippen molar-refractivity contribution in [3.05, 3.63) is 209 Å². The Hall–Kier alpha value is -7.76. The molecule has 9 aromatic carbocycles. The molecule has 324 valence electrons. The summed E-state index contributed by atoms with van der Waals surface area (Å²) in [6.07, 6.45) is 2.33. The molecule has 15 rings (SSSR count). The summed E-state index contributed by atoms with van der Waals surface area (Å²) in [6.45, 7) is 9.62. The van der Waals surface area contributed by atoms with Crippen molar-refractivity contribution < 1.29 is 8.83 Å². The first-order valence-electron chi connectivity index (χ1n) is 24.3. The van der Waals surface area contributed by atoms with Gasteiger partial charge in [0.2, 0.25) is 0 Å². The van der Waals surface area contributed by atoms with E-state index in [4.69, 9.17) is 8.83 Å². The molecule has 0 amide bonds. The van der Waals surface area contributed by atoms with Crippen LogP contribution < -0.4 is 21.1 Å². The molecule has 1 N–H and O–H groups in total. The number of furan rings is 2. The Labute approximate surface area is 396 Å². The number of rotatable bonds is 3. The average molecular weight is 875 g/mol. The van der Waals surface area contributed by atoms with Gasteiger partial charge >= 0.3 is 0 Å². The van der Waals surface area contributed by atoms with E-state index in [0.717, 1.165) is 80.2 Å². The topological polar surface area (TPSA) is 41.6 Å². The normalized spacial score (nSPS) is 16.3. The van der Waals surface area contributed by atoms with E-state index >= 15 is 0 Å². The van der Waals surface area contributed by atoms with E-state index in [-0.39, 0.29) is 10.8 Å². The van der Waals surface area contributed by atoms with Crippen LogP contribution in [0.3, 0.4) is 0 Å². The van der Waals surface area contributed by atoms with Crippen LogP contribution in [0.1, 0.15) is 73.9 Å². The van der Waals surface area contributed by atoms with Gasteiger partial charge in [-0.15, -0.1) is 0 Å². The monoisotopic (exact) mass is 874 g/mol. The van der Waals surface area contributed by atoms with Gasteiger partial charge in [-0.05, 0) is 128 Å². The summed E-state index contributed by atoms with van der Waals surface area (Å²) < 4.78 is 13.8. The fourth-order valence-electron chi connectivity index (χ4n) is 13.3. The zero-order valence-corrected chi connectivity index (χ0v) is 38.6. The van der Waals surface area contributed by atoms with Gasteiger partial charge in [-0.2, -0.15) is 0 Å². The molecule has 4 aliphatic rings. The lowest BCUT2D eigenvalue weighted by molar-refractivity contribution is 0.332. The zero-order chi connectivity index (χ0) is 45.3. The van der Waals surface area contributed by atoms with E-state index in [1.54, 1.807) is 0 Å². The Morgan fingerprint density at radius 3 is 1.90 bits per heavy atom. The summed E-state index contributed by atoms with van der Waals surface area (Å²) in [7, 11) is 0.727. The quantitative estimate of drug-likeness (QED) is 0.180. The van der Waals surface area contributed by atoms with Crippen molar-refractivity contribution >= 4 is 90.5 Å². The molecule has 5 heteroatoms. The highest BCUT2D eigenvalue weighted by Gasteiger charge is 2.53. The maximum absolute atomic E-state index is 7.16. The van der Waals surface area contributed by atoms with Crippen LogP contribution in [0.15, 0.2) is 185 Å². The SMILES string of the molecule is CC1(C)CCC(C)(C)c2cc(Nc3c(-c4cc5c(oc6ccccc65)c5c4Bc4cccc6c4N5c4ccccc4C64c5ccccc5-c5ccccc54)ccc4oc5ccccc5c34)ccc21. The molecule has 68 heavy (non-hydrogen) atoms. The first-order valence-corrected chi connectivity index (χ1v) is 24.3. The second-order valence-corrected chi connectivity index (χ2v) is 21.0. The number of anilines is 5. The minimum atomic E-state index is -0.503. The first kappa shape index (κ1) is 38.4. The standard InChI is InChI=1S/C63H47BN2O2/c1-61(2)32-33-62(3,4)49-34-36(28-30-46(49)61)65-57-40(29-31-54-55(57)41-19-8-14-27-53(41)67-54)42-35-43-39-18-7-13-26-52(39)68-60(43)59-56(42)64-50-24-15-23-48-58(50)66(59)51-25-12-11-22-47(51)63(48)44-20-9-5-16-37(44)38-17-6-10-21-45(38)63/h5-31,34-35,64-65H,32-33H2,1-4H3. The first-order chi connectivity index (χ1) is 33.2. The predicted molar refractivity (Wildman–Crippen MR) is 283 cm³/mol. The zero-order valence-electron chi connectivity index (χ0n) is 38.6. The summed E-state index contributed by atoms with van der Waals surface area (Å²) in [4.78, 5) is 2.58. The number of nitrogens with zero attached hydrogens (tertiary/aromatic N) is 1. The van der Waals surface area contributed by atoms with Gasteiger partial charge in [0.25, 0.3) is 0 Å². The molecule has 0 saturated carbocycles. The van der Waals surface area contributed by atoms with E-state index in [9.17, 15) is 0 Å². The van der Waals surface area contributed by atoms with Gasteiger partial charge < -0.3 is 19.1 Å². The van der Waals surface area contributed by atoms with Crippen LogP contribution >= 0.6 is 0 Å². The van der Waals surface area contributed by atoms with Crippen LogP contribution in [-0.2, 0) is 16.2 Å². The van der Waals surface area contributed by atoms with E-state index in [1.165, 1.54) is 78.8 Å². The van der Waals surface area contributed by atoms with Gasteiger partial charge in [0.05, 0.1) is 27.9 Å². The van der Waals surface area contributed by atoms with Crippen molar-refractivity contribution in [2.75, 3.05) is 10.2 Å². The molecule has 1 spiro atoms. The maximum Gasteiger partial charge on any atom is 0.198 e. The maximum atomic E-state index is 7.16. The molecule has 0 saturated heterocycles. The highest BCUT2D eigenvalue weighted by atomic mass is 16.3. The van der Waals surface area contributed by atoms with Crippen molar-refractivity contribution in [3.63, 3.8) is 0 Å². The molecule has 0 unspecified atom stereocenters. The molecular weight excluding hydrogens is 828 g/mol. The molecule has 0 fully saturated rings. The van der Waals surface area contributed by atoms with Gasteiger partial charge in [0.1, 0.15) is 16.7 Å². The third-order valence-electron chi connectivity index (χ3n) is 16.5. The van der Waals surface area contributed by atoms with Crippen molar-refractivity contribution in [2.24, 2.45) is 0 Å². The van der Waals surface area contributed by atoms with Gasteiger partial charge in [-0.1, -0.05) is 161 Å². The highest BCUT2D eigenvalue weighted by molar-refractivity contribution is 6.74. The Balaban J connectivity index is 1.04. The predicted octanol–water partition coefficient (Wildman–Crippen LogP) is 15.1. The van der Waals surface area contributed by atoms with E-state index in [0.29, 0.717) is 0 Å². The van der Waals surface area contributed by atoms with Gasteiger partial charge in [0.15, 0.2) is 12.9 Å². The van der Waals surface area contributed by atoms with E-state index in [1.807, 2.05) is 0 Å². The molecule has 0 radical (unpaired) electrons. The van der Waals surface area contributed by atoms with Crippen molar-refractivity contribution in [1.29, 1.82) is 0 Å². The number of para-hydroxylation sites is 4. The van der Waals surface area contributed by atoms with Gasteiger partial charge in [-0.3, -0.25) is 0 Å². The lowest BCUT2D eigenvalue weighted by atomic mass is 9.54. The van der Waals surface area contributed by atoms with Crippen LogP contribution in [0, 0.1) is 0 Å². The molecule has 0 bridgehead atoms. The summed E-state index contributed by atoms with van der Waals surface area (Å²) in [6, 6.07) is 65.4. The number of hydrogen-bond acceptors (Lipinski definition) is 4. The molecule has 2 aliphatic carbocycles. The van der Waals surface area contributed by atoms with Gasteiger partial charge in [-0.25, -0.2) is 0 Å². The fourth-order valence-corrected chi connectivity index (χ4v) is 13.3. The van der Waals surface area contributed by atoms with Crippen LogP contribution in [-0.4, -0.2) is 7.28 Å². The molecular formula is C63H47BN2O2. The van der Waals surface area contributed by atoms with Crippen LogP contribution in [0.4, 0.5) is 28.4 Å². The minimum absolute atomic E-state index is 0.0599.